The van der Waals surface area contributed by atoms with E-state index in [9.17, 15) is 72.5 Å². The number of carboxylic acid groups (broad SMARTS) is 1. The summed E-state index contributed by atoms with van der Waals surface area (Å²) in [4.78, 5) is 178. The molecule has 32 heteroatoms. The summed E-state index contributed by atoms with van der Waals surface area (Å²) in [5.41, 5.74) is 2.79. The third kappa shape index (κ3) is 30.0. The van der Waals surface area contributed by atoms with Crippen molar-refractivity contribution in [3.8, 4) is 0 Å². The molecule has 1 saturated heterocycles. The minimum Gasteiger partial charge on any atom is -0.478 e. The number of carbonyl (C=O) groups excluding carboxylic acids is 12. The van der Waals surface area contributed by atoms with Gasteiger partial charge in [-0.15, -0.1) is 0 Å². The molecule has 0 aromatic heterocycles. The van der Waals surface area contributed by atoms with E-state index >= 15 is 0 Å². The van der Waals surface area contributed by atoms with Crippen LogP contribution >= 0.6 is 23.5 Å². The van der Waals surface area contributed by atoms with E-state index < -0.39 is 164 Å². The summed E-state index contributed by atoms with van der Waals surface area (Å²) in [6, 6.07) is 15.6. The number of benzene rings is 3. The van der Waals surface area contributed by atoms with Gasteiger partial charge in [0.2, 0.25) is 59.1 Å². The number of methoxy groups -OCH3 is 2. The van der Waals surface area contributed by atoms with Gasteiger partial charge in [-0.05, 0) is 90.8 Å². The highest BCUT2D eigenvalue weighted by Gasteiger charge is 2.44. The molecule has 30 nitrogen and oxygen atoms in total. The third-order valence-corrected chi connectivity index (χ3v) is 20.3. The molecule has 3 aromatic carbocycles. The lowest BCUT2D eigenvalue weighted by atomic mass is 9.89. The smallest absolute Gasteiger partial charge is 0.336 e. The number of hydrogen-bond donors (Lipinski definition) is 10. The fraction of sp³-hybridized carbons (Fsp3) is 0.597. The number of carbonyl (C=O) groups is 13. The lowest BCUT2D eigenvalue weighted by Crippen LogP contribution is -2.60. The summed E-state index contributed by atoms with van der Waals surface area (Å²) < 4.78 is 23.0. The van der Waals surface area contributed by atoms with E-state index in [1.54, 1.807) is 102 Å². The molecule has 1 aliphatic heterocycles. The van der Waals surface area contributed by atoms with Crippen LogP contribution < -0.4 is 42.5 Å². The molecule has 0 aliphatic carbocycles. The van der Waals surface area contributed by atoms with E-state index in [0.717, 1.165) is 11.1 Å². The first-order valence-electron chi connectivity index (χ1n) is 36.8. The molecular formula is C77H115N11O19S2. The van der Waals surface area contributed by atoms with Crippen molar-refractivity contribution in [2.24, 2.45) is 23.7 Å². The molecule has 3 aromatic rings. The van der Waals surface area contributed by atoms with E-state index in [4.69, 9.17) is 18.9 Å². The quantitative estimate of drug-likeness (QED) is 0.0285. The Morgan fingerprint density at radius 2 is 1.25 bits per heavy atom. The number of likely N-dealkylation sites (tertiary alicyclic amines) is 1. The number of amides is 11. The number of Topliss-reactive ketones (excluding diaryl/α,β-unsaturated/α-hetero) is 1. The first kappa shape index (κ1) is 92.9. The summed E-state index contributed by atoms with van der Waals surface area (Å²) in [5, 5.41) is 41.4. The minimum absolute atomic E-state index is 0.00516. The summed E-state index contributed by atoms with van der Waals surface area (Å²) in [6.07, 6.45) is 3.28. The Morgan fingerprint density at radius 3 is 1.84 bits per heavy atom. The summed E-state index contributed by atoms with van der Waals surface area (Å²) in [5.74, 6) is -8.67. The maximum absolute atomic E-state index is 14.8. The molecule has 1 aliphatic rings. The van der Waals surface area contributed by atoms with Gasteiger partial charge in [-0.25, -0.2) is 4.79 Å². The molecule has 0 saturated carbocycles. The minimum atomic E-state index is -1.25. The van der Waals surface area contributed by atoms with Crippen molar-refractivity contribution < 1.29 is 91.5 Å². The van der Waals surface area contributed by atoms with Crippen LogP contribution in [-0.2, 0) is 89.6 Å². The van der Waals surface area contributed by atoms with Crippen LogP contribution in [-0.4, -0.2) is 250 Å². The van der Waals surface area contributed by atoms with E-state index in [2.05, 4.69) is 42.5 Å². The zero-order chi connectivity index (χ0) is 81.0. The lowest BCUT2D eigenvalue weighted by Gasteiger charge is -2.41. The van der Waals surface area contributed by atoms with Crippen molar-refractivity contribution in [1.82, 2.24) is 57.2 Å². The Kier molecular flexibility index (Phi) is 41.1. The Morgan fingerprint density at radius 1 is 0.642 bits per heavy atom. The van der Waals surface area contributed by atoms with Gasteiger partial charge in [0.25, 0.3) is 5.91 Å². The van der Waals surface area contributed by atoms with E-state index in [1.807, 2.05) is 44.6 Å². The molecule has 1 heterocycles. The highest BCUT2D eigenvalue weighted by molar-refractivity contribution is 7.98. The molecule has 11 amide bonds. The number of nitrogens with one attached hydrogen (secondary N) is 8. The highest BCUT2D eigenvalue weighted by atomic mass is 32.2. The van der Waals surface area contributed by atoms with Crippen molar-refractivity contribution in [2.45, 2.75) is 173 Å². The predicted octanol–water partition coefficient (Wildman–Crippen LogP) is 3.55. The van der Waals surface area contributed by atoms with Gasteiger partial charge < -0.3 is 86.4 Å². The van der Waals surface area contributed by atoms with E-state index in [0.29, 0.717) is 48.4 Å². The highest BCUT2D eigenvalue weighted by Crippen LogP contribution is 2.31. The van der Waals surface area contributed by atoms with Crippen LogP contribution in [0.25, 0.3) is 0 Å². The van der Waals surface area contributed by atoms with Crippen LogP contribution in [0.3, 0.4) is 0 Å². The van der Waals surface area contributed by atoms with Crippen molar-refractivity contribution in [1.29, 1.82) is 0 Å². The second-order valence-electron chi connectivity index (χ2n) is 27.9. The third-order valence-electron chi connectivity index (χ3n) is 19.1. The molecule has 11 atom stereocenters. The molecular weight excluding hydrogens is 1450 g/mol. The number of hydrogen-bond acceptors (Lipinski definition) is 20. The molecule has 1 fully saturated rings. The second kappa shape index (κ2) is 48.2. The molecule has 10 N–H and O–H groups in total. The van der Waals surface area contributed by atoms with Gasteiger partial charge in [0.1, 0.15) is 31.5 Å². The van der Waals surface area contributed by atoms with Crippen LogP contribution in [0.4, 0.5) is 0 Å². The largest absolute Gasteiger partial charge is 0.478 e. The maximum atomic E-state index is 14.8. The number of ether oxygens (including phenoxy) is 4. The van der Waals surface area contributed by atoms with Crippen LogP contribution in [0.2, 0.25) is 0 Å². The monoisotopic (exact) mass is 1560 g/mol. The first-order chi connectivity index (χ1) is 51.8. The number of carboxylic acids is 1. The Bertz CT molecular complexity index is 3500. The molecule has 109 heavy (non-hydrogen) atoms. The summed E-state index contributed by atoms with van der Waals surface area (Å²) in [7, 11) is 6.02. The summed E-state index contributed by atoms with van der Waals surface area (Å²) in [6.45, 7) is 11.9. The number of rotatable bonds is 49. The van der Waals surface area contributed by atoms with Gasteiger partial charge in [0.05, 0.1) is 92.7 Å². The lowest BCUT2D eigenvalue weighted by molar-refractivity contribution is -0.149. The Balaban J connectivity index is 1.22. The van der Waals surface area contributed by atoms with Gasteiger partial charge in [-0.1, -0.05) is 116 Å². The van der Waals surface area contributed by atoms with Gasteiger partial charge in [-0.3, -0.25) is 57.5 Å². The van der Waals surface area contributed by atoms with E-state index in [1.165, 1.54) is 60.7 Å². The van der Waals surface area contributed by atoms with Gasteiger partial charge in [0, 0.05) is 72.2 Å². The molecule has 0 bridgehead atoms. The zero-order valence-electron chi connectivity index (χ0n) is 65.4. The number of thioether (sulfide) groups is 2. The average molecular weight is 1560 g/mol. The molecule has 604 valence electrons. The van der Waals surface area contributed by atoms with E-state index in [-0.39, 0.29) is 86.5 Å². The first-order valence-corrected chi connectivity index (χ1v) is 39.6. The van der Waals surface area contributed by atoms with Crippen molar-refractivity contribution >= 4 is 100 Å². The van der Waals surface area contributed by atoms with Crippen molar-refractivity contribution in [3.63, 3.8) is 0 Å². The fourth-order valence-corrected chi connectivity index (χ4v) is 14.1. The zero-order valence-corrected chi connectivity index (χ0v) is 67.0. The van der Waals surface area contributed by atoms with Crippen LogP contribution in [0.1, 0.15) is 149 Å². The van der Waals surface area contributed by atoms with Gasteiger partial charge in [-0.2, -0.15) is 23.5 Å². The normalized spacial score (nSPS) is 15.5. The summed E-state index contributed by atoms with van der Waals surface area (Å²) >= 11 is 3.06. The maximum Gasteiger partial charge on any atom is 0.336 e. The van der Waals surface area contributed by atoms with Crippen molar-refractivity contribution in [3.05, 3.63) is 106 Å². The topological polar surface area (TPSA) is 405 Å². The second-order valence-corrected chi connectivity index (χ2v) is 29.6. The number of likely N-dealkylation sites (N-methyl/N-ethyl adjacent to an activating group) is 2. The van der Waals surface area contributed by atoms with Crippen LogP contribution in [0.5, 0.6) is 0 Å². The fourth-order valence-electron chi connectivity index (χ4n) is 12.9. The van der Waals surface area contributed by atoms with Gasteiger partial charge >= 0.3 is 5.97 Å². The van der Waals surface area contributed by atoms with Gasteiger partial charge in [0.15, 0.2) is 5.78 Å². The standard InChI is InChI=1S/C77H115N11O19S2/c1-15-48(6)69(60(104-11)37-65(94)88-31-22-29-59(88)71(105-12)49(7)72(97)83-50(8)70(96)52-26-20-17-21-27-52)87(10)76(101)67(46(2)3)85-75(100)68(47(4)5)86(9)66(95)42-107-45-82-63(92)40-81-74(99)58(34-51-24-18-16-19-25-51)84-64(93)41-79-62(91)39-78-61(90)30-33-106-32-23-28-55(89)38-80-73(98)56-35-53(43-108-13)54(44-109-14)36-57(56)77(102)103/h16-21,24-27,35-36,46-50,58-60,67-71,96H,15,22-23,28-34,37-45H2,1-14H3,(H,78,90)(H,79,91)(H,80,98)(H,81,99)(H,82,92)(H,83,97)(H,84,93)(H,85,100)(H,102,103)/t48-,49+,50+,58-,59-,60+,67-,68-,69-,70+,71+/m0/s1. The van der Waals surface area contributed by atoms with Crippen LogP contribution in [0, 0.1) is 23.7 Å². The number of ketones is 1. The molecule has 0 radical (unpaired) electrons. The number of aromatic carboxylic acids is 1. The number of aliphatic hydroxyl groups is 1. The number of aliphatic hydroxyl groups excluding tert-OH is 1. The Hall–Kier alpha value is -8.53. The number of nitrogens with zero attached hydrogens (tertiary/aromatic N) is 3. The predicted molar refractivity (Wildman–Crippen MR) is 413 cm³/mol. The average Bonchev–Trinajstić information content (AvgIpc) is 1.62. The molecule has 4 rings (SSSR count). The molecule has 0 spiro atoms. The van der Waals surface area contributed by atoms with Crippen molar-refractivity contribution in [2.75, 3.05) is 100 Å². The van der Waals surface area contributed by atoms with Crippen LogP contribution in [0.15, 0.2) is 72.8 Å². The Labute approximate surface area is 648 Å². The molecule has 0 unspecified atom stereocenters. The SMILES string of the molecule is CC[C@H](C)[C@@H]([C@@H](CC(=O)N1CCC[C@H]1[C@H](OC)[C@@H](C)C(=O)N[C@H](C)[C@@H](O)c1ccccc1)OC)N(C)C(=O)[C@@H](NC(=O)[C@H](C(C)C)N(C)C(=O)COCNC(=O)CNC(=O)[C@H](Cc1ccccc1)NC(=O)CNC(=O)CNC(=O)CCOCCCC(=O)CNC(=O)c1cc(CSC)c(CSC)cc1C(=O)O)C(C)C.